The minimum atomic E-state index is 0.309. The molecule has 0 N–H and O–H groups in total. The number of methoxy groups -OCH3 is 1. The maximum atomic E-state index is 5.54. The van der Waals surface area contributed by atoms with E-state index in [1.165, 1.54) is 6.42 Å². The Kier molecular flexibility index (Phi) is 4.39. The Hall–Kier alpha value is -1.88. The van der Waals surface area contributed by atoms with E-state index in [1.807, 2.05) is 18.2 Å². The highest BCUT2D eigenvalue weighted by Gasteiger charge is 2.35. The van der Waals surface area contributed by atoms with Crippen molar-refractivity contribution in [3.8, 4) is 5.75 Å². The lowest BCUT2D eigenvalue weighted by molar-refractivity contribution is 0.111. The molecule has 1 saturated heterocycles. The van der Waals surface area contributed by atoms with Crippen molar-refractivity contribution in [2.24, 2.45) is 0 Å². The number of anilines is 1. The molecule has 0 aliphatic carbocycles. The second kappa shape index (κ2) is 6.32. The van der Waals surface area contributed by atoms with Gasteiger partial charge in [-0.3, -0.25) is 0 Å². The standard InChI is InChI=1S/C18H26N4O/c1-5-18(21(2)3)9-11-22(12-10-18)17-16-14(19-13-20-17)7-6-8-15(16)23-4/h6-8,13H,5,9-12H2,1-4H3. The van der Waals surface area contributed by atoms with Crippen LogP contribution in [0.3, 0.4) is 0 Å². The minimum Gasteiger partial charge on any atom is -0.496 e. The molecular weight excluding hydrogens is 288 g/mol. The molecule has 1 aliphatic rings. The van der Waals surface area contributed by atoms with E-state index in [9.17, 15) is 0 Å². The van der Waals surface area contributed by atoms with Gasteiger partial charge in [0, 0.05) is 18.6 Å². The summed E-state index contributed by atoms with van der Waals surface area (Å²) in [5.74, 6) is 1.84. The van der Waals surface area contributed by atoms with Crippen LogP contribution in [0.1, 0.15) is 26.2 Å². The van der Waals surface area contributed by atoms with Crippen LogP contribution >= 0.6 is 0 Å². The summed E-state index contributed by atoms with van der Waals surface area (Å²) in [5.41, 5.74) is 1.25. The van der Waals surface area contributed by atoms with E-state index in [1.54, 1.807) is 13.4 Å². The molecule has 5 nitrogen and oxygen atoms in total. The first kappa shape index (κ1) is 16.0. The molecule has 3 rings (SSSR count). The van der Waals surface area contributed by atoms with Crippen LogP contribution in [0.15, 0.2) is 24.5 Å². The highest BCUT2D eigenvalue weighted by Crippen LogP contribution is 2.36. The van der Waals surface area contributed by atoms with Crippen LogP contribution in [0.5, 0.6) is 5.75 Å². The molecule has 0 radical (unpaired) electrons. The molecule has 124 valence electrons. The minimum absolute atomic E-state index is 0.309. The van der Waals surface area contributed by atoms with Gasteiger partial charge >= 0.3 is 0 Å². The summed E-state index contributed by atoms with van der Waals surface area (Å²) in [4.78, 5) is 13.7. The van der Waals surface area contributed by atoms with E-state index in [4.69, 9.17) is 4.74 Å². The number of nitrogens with zero attached hydrogens (tertiary/aromatic N) is 4. The quantitative estimate of drug-likeness (QED) is 0.868. The topological polar surface area (TPSA) is 41.5 Å². The van der Waals surface area contributed by atoms with E-state index in [0.717, 1.165) is 48.4 Å². The molecule has 1 fully saturated rings. The molecule has 0 amide bonds. The number of aromatic nitrogens is 2. The fourth-order valence-electron chi connectivity index (χ4n) is 3.72. The molecule has 1 aromatic heterocycles. The Morgan fingerprint density at radius 2 is 1.96 bits per heavy atom. The van der Waals surface area contributed by atoms with Crippen molar-refractivity contribution in [2.45, 2.75) is 31.7 Å². The molecule has 5 heteroatoms. The third kappa shape index (κ3) is 2.74. The van der Waals surface area contributed by atoms with Gasteiger partial charge in [0.25, 0.3) is 0 Å². The molecule has 1 aliphatic heterocycles. The molecule has 1 aromatic carbocycles. The largest absolute Gasteiger partial charge is 0.496 e. The Morgan fingerprint density at radius 1 is 1.22 bits per heavy atom. The van der Waals surface area contributed by atoms with Crippen LogP contribution < -0.4 is 9.64 Å². The second-order valence-corrected chi connectivity index (χ2v) is 6.51. The second-order valence-electron chi connectivity index (χ2n) is 6.51. The molecule has 2 aromatic rings. The van der Waals surface area contributed by atoms with Crippen LogP contribution in [-0.2, 0) is 0 Å². The van der Waals surface area contributed by atoms with Crippen LogP contribution in [0.2, 0.25) is 0 Å². The number of hydrogen-bond acceptors (Lipinski definition) is 5. The number of hydrogen-bond donors (Lipinski definition) is 0. The van der Waals surface area contributed by atoms with E-state index in [2.05, 4.69) is 40.8 Å². The van der Waals surface area contributed by atoms with Gasteiger partial charge in [-0.15, -0.1) is 0 Å². The molecule has 2 heterocycles. The summed E-state index contributed by atoms with van der Waals surface area (Å²) >= 11 is 0. The predicted octanol–water partition coefficient (Wildman–Crippen LogP) is 2.95. The van der Waals surface area contributed by atoms with E-state index in [0.29, 0.717) is 5.54 Å². The monoisotopic (exact) mass is 314 g/mol. The molecular formula is C18H26N4O. The normalized spacial score (nSPS) is 17.7. The first-order chi connectivity index (χ1) is 11.1. The Balaban J connectivity index is 1.94. The Bertz CT molecular complexity index is 673. The number of piperidine rings is 1. The summed E-state index contributed by atoms with van der Waals surface area (Å²) in [6.07, 6.45) is 5.14. The highest BCUT2D eigenvalue weighted by atomic mass is 16.5. The van der Waals surface area contributed by atoms with Crippen molar-refractivity contribution in [3.63, 3.8) is 0 Å². The third-order valence-electron chi connectivity index (χ3n) is 5.43. The van der Waals surface area contributed by atoms with Gasteiger partial charge in [-0.1, -0.05) is 13.0 Å². The molecule has 0 bridgehead atoms. The van der Waals surface area contributed by atoms with Gasteiger partial charge in [-0.25, -0.2) is 9.97 Å². The SMILES string of the molecule is CCC1(N(C)C)CCN(c2ncnc3cccc(OC)c23)CC1. The third-order valence-corrected chi connectivity index (χ3v) is 5.43. The van der Waals surface area contributed by atoms with Gasteiger partial charge in [-0.05, 0) is 45.5 Å². The van der Waals surface area contributed by atoms with Gasteiger partial charge < -0.3 is 14.5 Å². The van der Waals surface area contributed by atoms with Crippen LogP contribution in [0.25, 0.3) is 10.9 Å². The van der Waals surface area contributed by atoms with Gasteiger partial charge in [0.2, 0.25) is 0 Å². The van der Waals surface area contributed by atoms with Crippen LogP contribution in [-0.4, -0.2) is 54.7 Å². The lowest BCUT2D eigenvalue weighted by Crippen LogP contribution is -2.52. The van der Waals surface area contributed by atoms with Gasteiger partial charge in [-0.2, -0.15) is 0 Å². The van der Waals surface area contributed by atoms with Crippen LogP contribution in [0, 0.1) is 0 Å². The number of benzene rings is 1. The van der Waals surface area contributed by atoms with Crippen LogP contribution in [0.4, 0.5) is 5.82 Å². The van der Waals surface area contributed by atoms with Crippen molar-refractivity contribution < 1.29 is 4.74 Å². The van der Waals surface area contributed by atoms with Gasteiger partial charge in [0.05, 0.1) is 18.0 Å². The average molecular weight is 314 g/mol. The zero-order valence-electron chi connectivity index (χ0n) is 14.5. The fourth-order valence-corrected chi connectivity index (χ4v) is 3.72. The fraction of sp³-hybridized carbons (Fsp3) is 0.556. The van der Waals surface area contributed by atoms with E-state index in [-0.39, 0.29) is 0 Å². The predicted molar refractivity (Wildman–Crippen MR) is 94.2 cm³/mol. The van der Waals surface area contributed by atoms with E-state index >= 15 is 0 Å². The number of rotatable bonds is 4. The molecule has 0 saturated carbocycles. The lowest BCUT2D eigenvalue weighted by atomic mass is 9.84. The zero-order valence-corrected chi connectivity index (χ0v) is 14.5. The number of fused-ring (bicyclic) bond motifs is 1. The first-order valence-electron chi connectivity index (χ1n) is 8.31. The van der Waals surface area contributed by atoms with Gasteiger partial charge in [0.1, 0.15) is 17.9 Å². The summed E-state index contributed by atoms with van der Waals surface area (Å²) in [6.45, 7) is 4.31. The van der Waals surface area contributed by atoms with Crippen molar-refractivity contribution in [1.29, 1.82) is 0 Å². The molecule has 0 unspecified atom stereocenters. The molecule has 0 spiro atoms. The van der Waals surface area contributed by atoms with Crippen molar-refractivity contribution in [1.82, 2.24) is 14.9 Å². The molecule has 0 atom stereocenters. The van der Waals surface area contributed by atoms with Crippen molar-refractivity contribution in [3.05, 3.63) is 24.5 Å². The number of ether oxygens (including phenoxy) is 1. The average Bonchev–Trinajstić information content (AvgIpc) is 2.60. The smallest absolute Gasteiger partial charge is 0.143 e. The van der Waals surface area contributed by atoms with E-state index < -0.39 is 0 Å². The highest BCUT2D eigenvalue weighted by molar-refractivity contribution is 5.94. The van der Waals surface area contributed by atoms with Crippen molar-refractivity contribution in [2.75, 3.05) is 39.2 Å². The maximum Gasteiger partial charge on any atom is 0.143 e. The van der Waals surface area contributed by atoms with Crippen molar-refractivity contribution >= 4 is 16.7 Å². The maximum absolute atomic E-state index is 5.54. The lowest BCUT2D eigenvalue weighted by Gasteiger charge is -2.46. The first-order valence-corrected chi connectivity index (χ1v) is 8.31. The summed E-state index contributed by atoms with van der Waals surface area (Å²) < 4.78 is 5.54. The zero-order chi connectivity index (χ0) is 16.4. The Labute approximate surface area is 138 Å². The molecule has 23 heavy (non-hydrogen) atoms. The summed E-state index contributed by atoms with van der Waals surface area (Å²) in [7, 11) is 6.10. The summed E-state index contributed by atoms with van der Waals surface area (Å²) in [5, 5.41) is 1.02. The Morgan fingerprint density at radius 3 is 2.57 bits per heavy atom. The summed E-state index contributed by atoms with van der Waals surface area (Å²) in [6, 6.07) is 5.97. The van der Waals surface area contributed by atoms with Gasteiger partial charge in [0.15, 0.2) is 0 Å².